The smallest absolute Gasteiger partial charge is 0.0116 e. The van der Waals surface area contributed by atoms with Gasteiger partial charge in [-0.3, -0.25) is 4.90 Å². The van der Waals surface area contributed by atoms with Crippen LogP contribution in [0.4, 0.5) is 0 Å². The van der Waals surface area contributed by atoms with Crippen LogP contribution in [0.15, 0.2) is 16.8 Å². The molecule has 100 valence electrons. The SMILES string of the molecule is CNC1CC2CCC(C1)N2C(C)Cc1ccsc1. The van der Waals surface area contributed by atoms with Crippen molar-refractivity contribution in [2.75, 3.05) is 7.05 Å². The van der Waals surface area contributed by atoms with E-state index >= 15 is 0 Å². The minimum atomic E-state index is 0.704. The molecule has 2 saturated heterocycles. The minimum Gasteiger partial charge on any atom is -0.317 e. The average molecular weight is 264 g/mol. The van der Waals surface area contributed by atoms with E-state index in [9.17, 15) is 0 Å². The highest BCUT2D eigenvalue weighted by Gasteiger charge is 2.42. The molecule has 3 heterocycles. The van der Waals surface area contributed by atoms with Gasteiger partial charge < -0.3 is 5.32 Å². The van der Waals surface area contributed by atoms with Gasteiger partial charge in [-0.1, -0.05) is 0 Å². The summed E-state index contributed by atoms with van der Waals surface area (Å²) in [4.78, 5) is 2.82. The van der Waals surface area contributed by atoms with E-state index in [4.69, 9.17) is 0 Å². The topological polar surface area (TPSA) is 15.3 Å². The molecule has 1 N–H and O–H groups in total. The maximum atomic E-state index is 3.48. The lowest BCUT2D eigenvalue weighted by atomic mass is 9.94. The summed E-state index contributed by atoms with van der Waals surface area (Å²) in [7, 11) is 2.12. The van der Waals surface area contributed by atoms with Crippen LogP contribution in [-0.4, -0.2) is 36.1 Å². The third kappa shape index (κ3) is 2.36. The van der Waals surface area contributed by atoms with E-state index in [1.165, 1.54) is 37.7 Å². The molecule has 0 amide bonds. The molecule has 2 nitrogen and oxygen atoms in total. The van der Waals surface area contributed by atoms with Crippen molar-refractivity contribution in [1.82, 2.24) is 10.2 Å². The van der Waals surface area contributed by atoms with Crippen molar-refractivity contribution in [2.45, 2.75) is 63.2 Å². The van der Waals surface area contributed by atoms with Crippen LogP contribution >= 0.6 is 11.3 Å². The first-order chi connectivity index (χ1) is 8.78. The number of fused-ring (bicyclic) bond motifs is 2. The Labute approximate surface area is 114 Å². The van der Waals surface area contributed by atoms with Crippen molar-refractivity contribution < 1.29 is 0 Å². The summed E-state index contributed by atoms with van der Waals surface area (Å²) in [5.41, 5.74) is 1.52. The van der Waals surface area contributed by atoms with Crippen LogP contribution in [0.5, 0.6) is 0 Å². The van der Waals surface area contributed by atoms with Crippen LogP contribution in [0.25, 0.3) is 0 Å². The summed E-state index contributed by atoms with van der Waals surface area (Å²) in [5, 5.41) is 7.99. The second kappa shape index (κ2) is 5.32. The monoisotopic (exact) mass is 264 g/mol. The summed E-state index contributed by atoms with van der Waals surface area (Å²) in [6.45, 7) is 2.42. The van der Waals surface area contributed by atoms with E-state index < -0.39 is 0 Å². The van der Waals surface area contributed by atoms with Gasteiger partial charge in [0.25, 0.3) is 0 Å². The Morgan fingerprint density at radius 2 is 2.11 bits per heavy atom. The number of piperidine rings is 1. The van der Waals surface area contributed by atoms with Crippen LogP contribution < -0.4 is 5.32 Å². The van der Waals surface area contributed by atoms with E-state index in [1.54, 1.807) is 0 Å². The number of nitrogens with one attached hydrogen (secondary N) is 1. The van der Waals surface area contributed by atoms with E-state index in [0.29, 0.717) is 6.04 Å². The highest BCUT2D eigenvalue weighted by molar-refractivity contribution is 7.07. The van der Waals surface area contributed by atoms with Gasteiger partial charge in [0.15, 0.2) is 0 Å². The van der Waals surface area contributed by atoms with Gasteiger partial charge in [0.1, 0.15) is 0 Å². The van der Waals surface area contributed by atoms with Gasteiger partial charge in [0, 0.05) is 24.2 Å². The zero-order valence-corrected chi connectivity index (χ0v) is 12.2. The van der Waals surface area contributed by atoms with Crippen LogP contribution in [0, 0.1) is 0 Å². The maximum absolute atomic E-state index is 3.48. The lowest BCUT2D eigenvalue weighted by Crippen LogP contribution is -2.52. The average Bonchev–Trinajstić information content (AvgIpc) is 2.95. The van der Waals surface area contributed by atoms with Gasteiger partial charge in [-0.2, -0.15) is 11.3 Å². The summed E-state index contributed by atoms with van der Waals surface area (Å²) >= 11 is 1.82. The number of nitrogens with zero attached hydrogens (tertiary/aromatic N) is 1. The Kier molecular flexibility index (Phi) is 3.73. The molecule has 1 aromatic rings. The quantitative estimate of drug-likeness (QED) is 0.899. The van der Waals surface area contributed by atoms with Crippen LogP contribution in [0.3, 0.4) is 0 Å². The highest BCUT2D eigenvalue weighted by atomic mass is 32.1. The molecule has 3 atom stereocenters. The molecule has 2 aliphatic rings. The van der Waals surface area contributed by atoms with Gasteiger partial charge in [0.2, 0.25) is 0 Å². The van der Waals surface area contributed by atoms with Crippen molar-refractivity contribution in [3.05, 3.63) is 22.4 Å². The van der Waals surface area contributed by atoms with Crippen molar-refractivity contribution >= 4 is 11.3 Å². The molecule has 1 aromatic heterocycles. The third-order valence-corrected chi connectivity index (χ3v) is 5.55. The van der Waals surface area contributed by atoms with Crippen molar-refractivity contribution in [1.29, 1.82) is 0 Å². The molecule has 18 heavy (non-hydrogen) atoms. The Balaban J connectivity index is 1.66. The van der Waals surface area contributed by atoms with Crippen molar-refractivity contribution in [3.63, 3.8) is 0 Å². The van der Waals surface area contributed by atoms with E-state index in [1.807, 2.05) is 11.3 Å². The first-order valence-corrected chi connectivity index (χ1v) is 8.18. The molecule has 0 spiro atoms. The number of hydrogen-bond acceptors (Lipinski definition) is 3. The number of hydrogen-bond donors (Lipinski definition) is 1. The minimum absolute atomic E-state index is 0.704. The third-order valence-electron chi connectivity index (χ3n) is 4.82. The van der Waals surface area contributed by atoms with E-state index in [2.05, 4.69) is 41.0 Å². The predicted octanol–water partition coefficient (Wildman–Crippen LogP) is 2.89. The second-order valence-corrected chi connectivity index (χ2v) is 6.75. The number of rotatable bonds is 4. The van der Waals surface area contributed by atoms with Gasteiger partial charge in [-0.25, -0.2) is 0 Å². The molecule has 2 fully saturated rings. The zero-order valence-electron chi connectivity index (χ0n) is 11.4. The van der Waals surface area contributed by atoms with Gasteiger partial charge in [-0.05, 0) is 68.5 Å². The lowest BCUT2D eigenvalue weighted by Gasteiger charge is -2.42. The van der Waals surface area contributed by atoms with E-state index in [0.717, 1.165) is 18.1 Å². The molecular formula is C15H24N2S. The molecule has 0 aliphatic carbocycles. The largest absolute Gasteiger partial charge is 0.317 e. The fourth-order valence-corrected chi connectivity index (χ4v) is 4.71. The molecular weight excluding hydrogens is 240 g/mol. The molecule has 2 aliphatic heterocycles. The fraction of sp³-hybridized carbons (Fsp3) is 0.733. The molecule has 3 heteroatoms. The second-order valence-electron chi connectivity index (χ2n) is 5.97. The maximum Gasteiger partial charge on any atom is 0.0116 e. The van der Waals surface area contributed by atoms with Crippen LogP contribution in [0.1, 0.15) is 38.2 Å². The molecule has 0 aromatic carbocycles. The standard InChI is InChI=1S/C15H24N2S/c1-11(7-12-5-6-18-10-12)17-14-3-4-15(17)9-13(8-14)16-2/h5-6,10-11,13-16H,3-4,7-9H2,1-2H3. The Bertz CT molecular complexity index is 362. The Hall–Kier alpha value is -0.380. The van der Waals surface area contributed by atoms with Crippen LogP contribution in [-0.2, 0) is 6.42 Å². The van der Waals surface area contributed by atoms with Crippen molar-refractivity contribution in [3.8, 4) is 0 Å². The fourth-order valence-electron chi connectivity index (χ4n) is 4.02. The molecule has 3 unspecified atom stereocenters. The number of thiophene rings is 1. The molecule has 0 radical (unpaired) electrons. The zero-order chi connectivity index (χ0) is 12.5. The summed E-state index contributed by atoms with van der Waals surface area (Å²) in [6.07, 6.45) is 6.75. The summed E-state index contributed by atoms with van der Waals surface area (Å²) in [5.74, 6) is 0. The van der Waals surface area contributed by atoms with Crippen LogP contribution in [0.2, 0.25) is 0 Å². The Morgan fingerprint density at radius 1 is 1.39 bits per heavy atom. The summed E-state index contributed by atoms with van der Waals surface area (Å²) < 4.78 is 0. The predicted molar refractivity (Wildman–Crippen MR) is 78.2 cm³/mol. The molecule has 2 bridgehead atoms. The lowest BCUT2D eigenvalue weighted by molar-refractivity contribution is 0.0791. The van der Waals surface area contributed by atoms with Gasteiger partial charge >= 0.3 is 0 Å². The normalized spacial score (nSPS) is 33.8. The highest BCUT2D eigenvalue weighted by Crippen LogP contribution is 2.37. The first-order valence-electron chi connectivity index (χ1n) is 7.23. The van der Waals surface area contributed by atoms with E-state index in [-0.39, 0.29) is 0 Å². The first kappa shape index (κ1) is 12.6. The van der Waals surface area contributed by atoms with Gasteiger partial charge in [0.05, 0.1) is 0 Å². The molecule has 0 saturated carbocycles. The van der Waals surface area contributed by atoms with Crippen molar-refractivity contribution in [2.24, 2.45) is 0 Å². The summed E-state index contributed by atoms with van der Waals surface area (Å²) in [6, 6.07) is 5.40. The van der Waals surface area contributed by atoms with Gasteiger partial charge in [-0.15, -0.1) is 0 Å². The Morgan fingerprint density at radius 3 is 2.67 bits per heavy atom. The molecule has 3 rings (SSSR count).